The molecule has 1 atom stereocenters. The Bertz CT molecular complexity index is 137. The van der Waals surface area contributed by atoms with Crippen molar-refractivity contribution in [3.8, 4) is 0 Å². The van der Waals surface area contributed by atoms with Crippen molar-refractivity contribution in [2.24, 2.45) is 11.7 Å². The highest BCUT2D eigenvalue weighted by molar-refractivity contribution is 4.87. The molecule has 70 valence electrons. The first-order valence-corrected chi connectivity index (χ1v) is 5.36. The van der Waals surface area contributed by atoms with E-state index in [0.717, 1.165) is 18.5 Å². The molecule has 2 rings (SSSR count). The molecule has 0 aromatic carbocycles. The summed E-state index contributed by atoms with van der Waals surface area (Å²) in [6.45, 7) is 3.49. The van der Waals surface area contributed by atoms with Gasteiger partial charge in [0.1, 0.15) is 0 Å². The van der Waals surface area contributed by atoms with Crippen molar-refractivity contribution in [1.82, 2.24) is 4.90 Å². The molecule has 1 aliphatic heterocycles. The molecule has 0 aromatic rings. The van der Waals surface area contributed by atoms with Crippen molar-refractivity contribution in [1.29, 1.82) is 0 Å². The molecule has 1 saturated carbocycles. The van der Waals surface area contributed by atoms with E-state index in [0.29, 0.717) is 0 Å². The molecule has 1 aliphatic carbocycles. The third kappa shape index (κ3) is 1.50. The molecule has 0 aromatic heterocycles. The average Bonchev–Trinajstić information content (AvgIpc) is 2.47. The number of nitrogens with two attached hydrogens (primary N) is 1. The summed E-state index contributed by atoms with van der Waals surface area (Å²) in [4.78, 5) is 2.61. The molecule has 1 heterocycles. The van der Waals surface area contributed by atoms with E-state index in [2.05, 4.69) is 4.90 Å². The second kappa shape index (κ2) is 3.75. The largest absolute Gasteiger partial charge is 0.329 e. The van der Waals surface area contributed by atoms with Crippen LogP contribution in [0, 0.1) is 5.92 Å². The molecule has 0 bridgehead atoms. The van der Waals surface area contributed by atoms with Gasteiger partial charge in [-0.1, -0.05) is 6.42 Å². The Kier molecular flexibility index (Phi) is 2.66. The van der Waals surface area contributed by atoms with Gasteiger partial charge in [-0.25, -0.2) is 0 Å². The van der Waals surface area contributed by atoms with Crippen molar-refractivity contribution in [3.63, 3.8) is 0 Å². The van der Waals surface area contributed by atoms with Crippen molar-refractivity contribution in [3.05, 3.63) is 0 Å². The SMILES string of the molecule is NCC(C1CCC1)N1CCCC1. The van der Waals surface area contributed by atoms with Gasteiger partial charge in [0.25, 0.3) is 0 Å². The second-order valence-electron chi connectivity index (χ2n) is 4.24. The Hall–Kier alpha value is -0.0800. The molecule has 2 nitrogen and oxygen atoms in total. The standard InChI is InChI=1S/C10H20N2/c11-8-10(9-4-3-5-9)12-6-1-2-7-12/h9-10H,1-8,11H2. The summed E-state index contributed by atoms with van der Waals surface area (Å²) in [5.41, 5.74) is 5.82. The van der Waals surface area contributed by atoms with Crippen LogP contribution in [-0.4, -0.2) is 30.6 Å². The van der Waals surface area contributed by atoms with Crippen LogP contribution in [0.15, 0.2) is 0 Å². The minimum atomic E-state index is 0.723. The van der Waals surface area contributed by atoms with Crippen LogP contribution in [-0.2, 0) is 0 Å². The average molecular weight is 168 g/mol. The maximum absolute atomic E-state index is 5.82. The third-order valence-electron chi connectivity index (χ3n) is 3.55. The molecule has 2 fully saturated rings. The minimum absolute atomic E-state index is 0.723. The Morgan fingerprint density at radius 2 is 1.83 bits per heavy atom. The van der Waals surface area contributed by atoms with Crippen molar-refractivity contribution in [2.75, 3.05) is 19.6 Å². The van der Waals surface area contributed by atoms with Crippen molar-refractivity contribution < 1.29 is 0 Å². The van der Waals surface area contributed by atoms with E-state index in [1.54, 1.807) is 0 Å². The summed E-state index contributed by atoms with van der Waals surface area (Å²) >= 11 is 0. The Balaban J connectivity index is 1.87. The lowest BCUT2D eigenvalue weighted by Gasteiger charge is -2.38. The summed E-state index contributed by atoms with van der Waals surface area (Å²) in [5.74, 6) is 0.938. The Morgan fingerprint density at radius 1 is 1.17 bits per heavy atom. The highest BCUT2D eigenvalue weighted by Gasteiger charge is 2.31. The van der Waals surface area contributed by atoms with Gasteiger partial charge in [0.05, 0.1) is 0 Å². The summed E-state index contributed by atoms with van der Waals surface area (Å²) in [6, 6.07) is 0.723. The first-order valence-electron chi connectivity index (χ1n) is 5.36. The molecule has 1 unspecified atom stereocenters. The fraction of sp³-hybridized carbons (Fsp3) is 1.00. The van der Waals surface area contributed by atoms with Gasteiger partial charge in [-0.3, -0.25) is 4.90 Å². The van der Waals surface area contributed by atoms with Crippen LogP contribution in [0.3, 0.4) is 0 Å². The number of rotatable bonds is 3. The van der Waals surface area contributed by atoms with E-state index < -0.39 is 0 Å². The highest BCUT2D eigenvalue weighted by Crippen LogP contribution is 2.32. The Morgan fingerprint density at radius 3 is 2.25 bits per heavy atom. The normalized spacial score (nSPS) is 28.8. The molecule has 0 spiro atoms. The van der Waals surface area contributed by atoms with Crippen LogP contribution >= 0.6 is 0 Å². The number of hydrogen-bond donors (Lipinski definition) is 1. The zero-order valence-corrected chi connectivity index (χ0v) is 7.84. The smallest absolute Gasteiger partial charge is 0.0246 e. The van der Waals surface area contributed by atoms with Crippen LogP contribution < -0.4 is 5.73 Å². The predicted octanol–water partition coefficient (Wildman–Crippen LogP) is 1.21. The van der Waals surface area contributed by atoms with Crippen LogP contribution in [0.5, 0.6) is 0 Å². The molecule has 0 amide bonds. The highest BCUT2D eigenvalue weighted by atomic mass is 15.2. The van der Waals surface area contributed by atoms with Gasteiger partial charge >= 0.3 is 0 Å². The lowest BCUT2D eigenvalue weighted by Crippen LogP contribution is -2.46. The lowest BCUT2D eigenvalue weighted by atomic mass is 9.79. The molecular weight excluding hydrogens is 148 g/mol. The van der Waals surface area contributed by atoms with E-state index in [9.17, 15) is 0 Å². The van der Waals surface area contributed by atoms with Crippen LogP contribution in [0.4, 0.5) is 0 Å². The molecule has 1 saturated heterocycles. The lowest BCUT2D eigenvalue weighted by molar-refractivity contribution is 0.123. The van der Waals surface area contributed by atoms with E-state index in [1.165, 1.54) is 45.2 Å². The van der Waals surface area contributed by atoms with Gasteiger partial charge in [-0.05, 0) is 44.7 Å². The second-order valence-corrected chi connectivity index (χ2v) is 4.24. The van der Waals surface area contributed by atoms with Crippen LogP contribution in [0.25, 0.3) is 0 Å². The number of nitrogens with zero attached hydrogens (tertiary/aromatic N) is 1. The van der Waals surface area contributed by atoms with Crippen LogP contribution in [0.1, 0.15) is 32.1 Å². The van der Waals surface area contributed by atoms with E-state index in [-0.39, 0.29) is 0 Å². The van der Waals surface area contributed by atoms with Gasteiger partial charge in [0, 0.05) is 12.6 Å². The quantitative estimate of drug-likeness (QED) is 0.686. The molecule has 2 aliphatic rings. The molecular formula is C10H20N2. The summed E-state index contributed by atoms with van der Waals surface area (Å²) in [7, 11) is 0. The number of hydrogen-bond acceptors (Lipinski definition) is 2. The monoisotopic (exact) mass is 168 g/mol. The predicted molar refractivity (Wildman–Crippen MR) is 51.0 cm³/mol. The van der Waals surface area contributed by atoms with Crippen molar-refractivity contribution in [2.45, 2.75) is 38.1 Å². The fourth-order valence-corrected chi connectivity index (χ4v) is 2.54. The minimum Gasteiger partial charge on any atom is -0.329 e. The van der Waals surface area contributed by atoms with Crippen LogP contribution in [0.2, 0.25) is 0 Å². The van der Waals surface area contributed by atoms with Crippen molar-refractivity contribution >= 4 is 0 Å². The summed E-state index contributed by atoms with van der Waals surface area (Å²) in [6.07, 6.45) is 7.08. The first-order chi connectivity index (χ1) is 5.92. The fourth-order valence-electron chi connectivity index (χ4n) is 2.54. The summed E-state index contributed by atoms with van der Waals surface area (Å²) in [5, 5.41) is 0. The zero-order chi connectivity index (χ0) is 8.39. The summed E-state index contributed by atoms with van der Waals surface area (Å²) < 4.78 is 0. The van der Waals surface area contributed by atoms with E-state index in [1.807, 2.05) is 0 Å². The molecule has 2 heteroatoms. The topological polar surface area (TPSA) is 29.3 Å². The van der Waals surface area contributed by atoms with E-state index in [4.69, 9.17) is 5.73 Å². The Labute approximate surface area is 75.1 Å². The van der Waals surface area contributed by atoms with Gasteiger partial charge in [-0.2, -0.15) is 0 Å². The zero-order valence-electron chi connectivity index (χ0n) is 7.84. The molecule has 2 N–H and O–H groups in total. The maximum Gasteiger partial charge on any atom is 0.0246 e. The van der Waals surface area contributed by atoms with Gasteiger partial charge < -0.3 is 5.73 Å². The number of likely N-dealkylation sites (tertiary alicyclic amines) is 1. The van der Waals surface area contributed by atoms with E-state index >= 15 is 0 Å². The van der Waals surface area contributed by atoms with Gasteiger partial charge in [0.2, 0.25) is 0 Å². The molecule has 0 radical (unpaired) electrons. The van der Waals surface area contributed by atoms with Gasteiger partial charge in [0.15, 0.2) is 0 Å². The van der Waals surface area contributed by atoms with Gasteiger partial charge in [-0.15, -0.1) is 0 Å². The molecule has 12 heavy (non-hydrogen) atoms. The maximum atomic E-state index is 5.82. The third-order valence-corrected chi connectivity index (χ3v) is 3.55. The first kappa shape index (κ1) is 8.52.